The molecule has 2 N–H and O–H groups in total. The third-order valence-corrected chi connectivity index (χ3v) is 2.99. The van der Waals surface area contributed by atoms with Crippen molar-refractivity contribution in [3.8, 4) is 0 Å². The molecule has 0 fully saturated rings. The molecule has 0 bridgehead atoms. The molecule has 0 aliphatic rings. The third kappa shape index (κ3) is 3.75. The molecular formula is C11H17NS. The maximum atomic E-state index is 5.99. The molecule has 0 aliphatic carbocycles. The van der Waals surface area contributed by atoms with Crippen molar-refractivity contribution >= 4 is 11.3 Å². The standard InChI is InChI=1S/C11H17NS/c1-3-9(2)7-10(12)8-11-5-4-6-13-11/h4-6,10H,2-3,7-8,12H2,1H3. The van der Waals surface area contributed by atoms with Gasteiger partial charge in [0.25, 0.3) is 0 Å². The van der Waals surface area contributed by atoms with E-state index in [1.54, 1.807) is 11.3 Å². The molecular weight excluding hydrogens is 178 g/mol. The quantitative estimate of drug-likeness (QED) is 0.718. The van der Waals surface area contributed by atoms with Gasteiger partial charge >= 0.3 is 0 Å². The van der Waals surface area contributed by atoms with E-state index in [9.17, 15) is 0 Å². The first-order valence-corrected chi connectivity index (χ1v) is 5.55. The second kappa shape index (κ2) is 5.20. The molecule has 1 unspecified atom stereocenters. The molecule has 0 saturated carbocycles. The minimum Gasteiger partial charge on any atom is -0.327 e. The molecule has 0 amide bonds. The smallest absolute Gasteiger partial charge is 0.0124 e. The van der Waals surface area contributed by atoms with E-state index in [1.807, 2.05) is 0 Å². The van der Waals surface area contributed by atoms with Gasteiger partial charge in [0.15, 0.2) is 0 Å². The molecule has 0 aromatic carbocycles. The van der Waals surface area contributed by atoms with E-state index in [-0.39, 0.29) is 6.04 Å². The van der Waals surface area contributed by atoms with Crippen LogP contribution in [0.25, 0.3) is 0 Å². The first-order chi connectivity index (χ1) is 6.22. The molecule has 72 valence electrons. The summed E-state index contributed by atoms with van der Waals surface area (Å²) < 4.78 is 0. The van der Waals surface area contributed by atoms with Gasteiger partial charge in [0, 0.05) is 10.9 Å². The van der Waals surface area contributed by atoms with Crippen LogP contribution in [0.3, 0.4) is 0 Å². The molecule has 2 heteroatoms. The Labute approximate surface area is 84.3 Å². The van der Waals surface area contributed by atoms with Crippen LogP contribution in [-0.4, -0.2) is 6.04 Å². The molecule has 1 rings (SSSR count). The molecule has 1 atom stereocenters. The third-order valence-electron chi connectivity index (χ3n) is 2.09. The van der Waals surface area contributed by atoms with Gasteiger partial charge in [-0.25, -0.2) is 0 Å². The van der Waals surface area contributed by atoms with E-state index < -0.39 is 0 Å². The maximum absolute atomic E-state index is 5.99. The zero-order valence-electron chi connectivity index (χ0n) is 8.12. The van der Waals surface area contributed by atoms with Gasteiger partial charge in [-0.3, -0.25) is 0 Å². The van der Waals surface area contributed by atoms with Crippen molar-refractivity contribution in [2.45, 2.75) is 32.2 Å². The molecule has 1 aromatic heterocycles. The predicted molar refractivity (Wildman–Crippen MR) is 60.0 cm³/mol. The van der Waals surface area contributed by atoms with E-state index in [4.69, 9.17) is 5.73 Å². The van der Waals surface area contributed by atoms with Gasteiger partial charge in [0.1, 0.15) is 0 Å². The van der Waals surface area contributed by atoms with Crippen molar-refractivity contribution in [2.24, 2.45) is 5.73 Å². The molecule has 0 spiro atoms. The van der Waals surface area contributed by atoms with Crippen LogP contribution in [0.5, 0.6) is 0 Å². The normalized spacial score (nSPS) is 12.8. The maximum Gasteiger partial charge on any atom is 0.0124 e. The lowest BCUT2D eigenvalue weighted by molar-refractivity contribution is 0.656. The van der Waals surface area contributed by atoms with Crippen LogP contribution in [-0.2, 0) is 6.42 Å². The first kappa shape index (κ1) is 10.5. The van der Waals surface area contributed by atoms with Gasteiger partial charge in [-0.2, -0.15) is 0 Å². The lowest BCUT2D eigenvalue weighted by Gasteiger charge is -2.10. The number of rotatable bonds is 5. The number of hydrogen-bond donors (Lipinski definition) is 1. The largest absolute Gasteiger partial charge is 0.327 e. The van der Waals surface area contributed by atoms with Crippen molar-refractivity contribution in [1.82, 2.24) is 0 Å². The Hall–Kier alpha value is -0.600. The highest BCUT2D eigenvalue weighted by atomic mass is 32.1. The lowest BCUT2D eigenvalue weighted by Crippen LogP contribution is -2.22. The summed E-state index contributed by atoms with van der Waals surface area (Å²) in [5.41, 5.74) is 7.24. The van der Waals surface area contributed by atoms with E-state index in [2.05, 4.69) is 31.0 Å². The summed E-state index contributed by atoms with van der Waals surface area (Å²) >= 11 is 1.78. The van der Waals surface area contributed by atoms with E-state index in [0.717, 1.165) is 19.3 Å². The minimum absolute atomic E-state index is 0.242. The Kier molecular flexibility index (Phi) is 4.19. The van der Waals surface area contributed by atoms with E-state index in [0.29, 0.717) is 0 Å². The van der Waals surface area contributed by atoms with Crippen LogP contribution in [0.2, 0.25) is 0 Å². The SMILES string of the molecule is C=C(CC)CC(N)Cc1cccs1. The molecule has 1 nitrogen and oxygen atoms in total. The summed E-state index contributed by atoms with van der Waals surface area (Å²) in [6.07, 6.45) is 2.98. The average molecular weight is 195 g/mol. The molecule has 1 heterocycles. The Balaban J connectivity index is 2.33. The summed E-state index contributed by atoms with van der Waals surface area (Å²) in [6, 6.07) is 4.45. The van der Waals surface area contributed by atoms with Crippen molar-refractivity contribution < 1.29 is 0 Å². The van der Waals surface area contributed by atoms with Crippen molar-refractivity contribution in [2.75, 3.05) is 0 Å². The zero-order valence-corrected chi connectivity index (χ0v) is 8.94. The van der Waals surface area contributed by atoms with Gasteiger partial charge in [-0.1, -0.05) is 25.1 Å². The average Bonchev–Trinajstić information content (AvgIpc) is 2.56. The highest BCUT2D eigenvalue weighted by Gasteiger charge is 2.05. The Morgan fingerprint density at radius 2 is 2.46 bits per heavy atom. The van der Waals surface area contributed by atoms with Crippen LogP contribution >= 0.6 is 11.3 Å². The van der Waals surface area contributed by atoms with Crippen molar-refractivity contribution in [3.05, 3.63) is 34.5 Å². The highest BCUT2D eigenvalue weighted by molar-refractivity contribution is 7.09. The molecule has 0 saturated heterocycles. The summed E-state index contributed by atoms with van der Waals surface area (Å²) in [4.78, 5) is 1.37. The summed E-state index contributed by atoms with van der Waals surface area (Å²) in [6.45, 7) is 6.09. The van der Waals surface area contributed by atoms with E-state index in [1.165, 1.54) is 10.5 Å². The van der Waals surface area contributed by atoms with Crippen LogP contribution in [0.4, 0.5) is 0 Å². The van der Waals surface area contributed by atoms with Gasteiger partial charge in [0.2, 0.25) is 0 Å². The monoisotopic (exact) mass is 195 g/mol. The number of hydrogen-bond acceptors (Lipinski definition) is 2. The Morgan fingerprint density at radius 3 is 3.00 bits per heavy atom. The number of nitrogens with two attached hydrogens (primary N) is 1. The molecule has 0 radical (unpaired) electrons. The van der Waals surface area contributed by atoms with Crippen molar-refractivity contribution in [3.63, 3.8) is 0 Å². The van der Waals surface area contributed by atoms with Crippen LogP contribution in [0.15, 0.2) is 29.7 Å². The lowest BCUT2D eigenvalue weighted by atomic mass is 10.0. The Morgan fingerprint density at radius 1 is 1.69 bits per heavy atom. The second-order valence-corrected chi connectivity index (χ2v) is 4.38. The molecule has 13 heavy (non-hydrogen) atoms. The fourth-order valence-electron chi connectivity index (χ4n) is 1.27. The summed E-state index contributed by atoms with van der Waals surface area (Å²) in [5.74, 6) is 0. The zero-order chi connectivity index (χ0) is 9.68. The van der Waals surface area contributed by atoms with Gasteiger partial charge in [-0.15, -0.1) is 11.3 Å². The van der Waals surface area contributed by atoms with Gasteiger partial charge in [0.05, 0.1) is 0 Å². The fourth-order valence-corrected chi connectivity index (χ4v) is 2.07. The first-order valence-electron chi connectivity index (χ1n) is 4.67. The van der Waals surface area contributed by atoms with E-state index >= 15 is 0 Å². The van der Waals surface area contributed by atoms with Crippen LogP contribution < -0.4 is 5.73 Å². The highest BCUT2D eigenvalue weighted by Crippen LogP contribution is 2.14. The fraction of sp³-hybridized carbons (Fsp3) is 0.455. The van der Waals surface area contributed by atoms with Crippen LogP contribution in [0, 0.1) is 0 Å². The Bertz CT molecular complexity index is 251. The van der Waals surface area contributed by atoms with Gasteiger partial charge < -0.3 is 5.73 Å². The van der Waals surface area contributed by atoms with Crippen molar-refractivity contribution in [1.29, 1.82) is 0 Å². The summed E-state index contributed by atoms with van der Waals surface area (Å²) in [5, 5.41) is 2.09. The van der Waals surface area contributed by atoms with Crippen LogP contribution in [0.1, 0.15) is 24.6 Å². The minimum atomic E-state index is 0.242. The number of thiophene rings is 1. The molecule has 1 aromatic rings. The second-order valence-electron chi connectivity index (χ2n) is 3.35. The predicted octanol–water partition coefficient (Wildman–Crippen LogP) is 2.97. The summed E-state index contributed by atoms with van der Waals surface area (Å²) in [7, 11) is 0. The molecule has 0 aliphatic heterocycles. The topological polar surface area (TPSA) is 26.0 Å². The van der Waals surface area contributed by atoms with Gasteiger partial charge in [-0.05, 0) is 30.7 Å².